The average Bonchev–Trinajstić information content (AvgIpc) is 2.72. The zero-order valence-corrected chi connectivity index (χ0v) is 11.9. The maximum absolute atomic E-state index is 11.1. The number of carboxylic acids is 1. The second-order valence-corrected chi connectivity index (χ2v) is 6.16. The molecule has 0 amide bonds. The van der Waals surface area contributed by atoms with E-state index in [0.29, 0.717) is 16.3 Å². The number of aromatic carboxylic acids is 1. The smallest absolute Gasteiger partial charge is 0.340 e. The average molecular weight is 287 g/mol. The third-order valence-corrected chi connectivity index (χ3v) is 4.73. The van der Waals surface area contributed by atoms with Gasteiger partial charge in [0.05, 0.1) is 5.69 Å². The van der Waals surface area contributed by atoms with E-state index in [4.69, 9.17) is 5.11 Å². The minimum absolute atomic E-state index is 0.314. The maximum Gasteiger partial charge on any atom is 0.340 e. The van der Waals surface area contributed by atoms with Crippen molar-refractivity contribution in [3.63, 3.8) is 0 Å². The van der Waals surface area contributed by atoms with Crippen LogP contribution in [0, 0.1) is 6.92 Å². The van der Waals surface area contributed by atoms with E-state index in [1.54, 1.807) is 6.92 Å². The van der Waals surface area contributed by atoms with Gasteiger partial charge in [-0.25, -0.2) is 4.79 Å². The van der Waals surface area contributed by atoms with E-state index in [0.717, 1.165) is 26.2 Å². The molecule has 5 nitrogen and oxygen atoms in total. The van der Waals surface area contributed by atoms with Gasteiger partial charge in [0.2, 0.25) is 0 Å². The predicted molar refractivity (Wildman–Crippen MR) is 76.1 cm³/mol. The molecule has 1 fully saturated rings. The lowest BCUT2D eigenvalue weighted by molar-refractivity contribution is 0.0697. The molecule has 0 aromatic carbocycles. The summed E-state index contributed by atoms with van der Waals surface area (Å²) in [6, 6.07) is 0. The lowest BCUT2D eigenvalue weighted by Gasteiger charge is -2.26. The van der Waals surface area contributed by atoms with E-state index >= 15 is 0 Å². The Morgan fingerprint density at radius 2 is 2.22 bits per heavy atom. The zero-order valence-electron chi connectivity index (χ0n) is 10.3. The number of aromatic nitrogens is 1. The molecule has 0 spiro atoms. The van der Waals surface area contributed by atoms with Crippen LogP contribution in [0.4, 0.5) is 5.00 Å². The highest BCUT2D eigenvalue weighted by Crippen LogP contribution is 2.24. The first-order valence-corrected chi connectivity index (χ1v) is 7.85. The Morgan fingerprint density at radius 3 is 2.89 bits per heavy atom. The highest BCUT2D eigenvalue weighted by atomic mass is 32.2. The number of hydrogen-bond donors (Lipinski definition) is 2. The zero-order chi connectivity index (χ0) is 13.0. The molecule has 0 aliphatic carbocycles. The van der Waals surface area contributed by atoms with Crippen LogP contribution in [0.5, 0.6) is 0 Å². The molecule has 0 saturated carbocycles. The second-order valence-electron chi connectivity index (χ2n) is 4.16. The number of anilines is 1. The summed E-state index contributed by atoms with van der Waals surface area (Å²) in [5.74, 6) is 1.48. The molecule has 18 heavy (non-hydrogen) atoms. The molecule has 7 heteroatoms. The first-order chi connectivity index (χ1) is 8.68. The Morgan fingerprint density at radius 1 is 1.50 bits per heavy atom. The van der Waals surface area contributed by atoms with Crippen molar-refractivity contribution < 1.29 is 9.90 Å². The summed E-state index contributed by atoms with van der Waals surface area (Å²) in [5, 5.41) is 13.0. The fourth-order valence-corrected chi connectivity index (χ4v) is 3.69. The number of aryl methyl sites for hydroxylation is 1. The summed E-state index contributed by atoms with van der Waals surface area (Å²) in [6.45, 7) is 5.70. The number of nitrogens with zero attached hydrogens (tertiary/aromatic N) is 2. The van der Waals surface area contributed by atoms with Crippen LogP contribution in [0.15, 0.2) is 0 Å². The Balaban J connectivity index is 1.84. The van der Waals surface area contributed by atoms with Gasteiger partial charge in [0, 0.05) is 37.7 Å². The Kier molecular flexibility index (Phi) is 4.85. The molecule has 1 aromatic heterocycles. The third kappa shape index (κ3) is 3.37. The van der Waals surface area contributed by atoms with Gasteiger partial charge in [-0.15, -0.1) is 0 Å². The fourth-order valence-electron chi connectivity index (χ4n) is 1.89. The second kappa shape index (κ2) is 6.40. The van der Waals surface area contributed by atoms with Gasteiger partial charge in [0.1, 0.15) is 10.6 Å². The number of carbonyl (C=O) groups is 1. The van der Waals surface area contributed by atoms with Crippen LogP contribution in [-0.2, 0) is 0 Å². The molecule has 0 radical (unpaired) electrons. The Bertz CT molecular complexity index is 416. The van der Waals surface area contributed by atoms with Crippen LogP contribution in [0.3, 0.4) is 0 Å². The predicted octanol–water partition coefficient (Wildman–Crippen LogP) is 1.61. The lowest BCUT2D eigenvalue weighted by Crippen LogP contribution is -2.36. The minimum Gasteiger partial charge on any atom is -0.478 e. The number of nitrogens with one attached hydrogen (secondary N) is 1. The largest absolute Gasteiger partial charge is 0.478 e. The molecule has 1 aliphatic heterocycles. The summed E-state index contributed by atoms with van der Waals surface area (Å²) >= 11 is 3.22. The fraction of sp³-hybridized carbons (Fsp3) is 0.636. The first-order valence-electron chi connectivity index (χ1n) is 5.92. The van der Waals surface area contributed by atoms with Crippen molar-refractivity contribution >= 4 is 34.3 Å². The molecule has 2 N–H and O–H groups in total. The van der Waals surface area contributed by atoms with Gasteiger partial charge in [0.15, 0.2) is 0 Å². The molecule has 1 saturated heterocycles. The van der Waals surface area contributed by atoms with Gasteiger partial charge in [-0.2, -0.15) is 16.1 Å². The highest BCUT2D eigenvalue weighted by molar-refractivity contribution is 7.99. The van der Waals surface area contributed by atoms with Gasteiger partial charge in [0.25, 0.3) is 0 Å². The van der Waals surface area contributed by atoms with Crippen LogP contribution in [0.25, 0.3) is 0 Å². The molecular weight excluding hydrogens is 270 g/mol. The Labute approximate surface area is 115 Å². The molecule has 100 valence electrons. The van der Waals surface area contributed by atoms with Crippen molar-refractivity contribution in [3.8, 4) is 0 Å². The van der Waals surface area contributed by atoms with Crippen LogP contribution < -0.4 is 5.32 Å². The molecular formula is C11H17N3O2S2. The lowest BCUT2D eigenvalue weighted by atomic mass is 10.2. The molecule has 0 atom stereocenters. The van der Waals surface area contributed by atoms with E-state index in [9.17, 15) is 4.79 Å². The van der Waals surface area contributed by atoms with E-state index in [2.05, 4.69) is 14.6 Å². The summed E-state index contributed by atoms with van der Waals surface area (Å²) in [5.41, 5.74) is 0.901. The van der Waals surface area contributed by atoms with E-state index in [1.807, 2.05) is 11.8 Å². The molecule has 0 unspecified atom stereocenters. The monoisotopic (exact) mass is 287 g/mol. The van der Waals surface area contributed by atoms with E-state index < -0.39 is 5.97 Å². The number of carboxylic acid groups (broad SMARTS) is 1. The molecule has 1 aromatic rings. The van der Waals surface area contributed by atoms with Crippen molar-refractivity contribution in [2.24, 2.45) is 0 Å². The van der Waals surface area contributed by atoms with E-state index in [1.165, 1.54) is 23.0 Å². The van der Waals surface area contributed by atoms with Crippen molar-refractivity contribution in [2.45, 2.75) is 6.92 Å². The van der Waals surface area contributed by atoms with Gasteiger partial charge in [-0.05, 0) is 18.5 Å². The van der Waals surface area contributed by atoms with Gasteiger partial charge in [-0.3, -0.25) is 4.90 Å². The number of thioether (sulfide) groups is 1. The summed E-state index contributed by atoms with van der Waals surface area (Å²) in [7, 11) is 0. The Hall–Kier alpha value is -0.790. The molecule has 2 rings (SSSR count). The molecule has 2 heterocycles. The quantitative estimate of drug-likeness (QED) is 0.858. The van der Waals surface area contributed by atoms with Crippen molar-refractivity contribution in [1.82, 2.24) is 9.27 Å². The van der Waals surface area contributed by atoms with Crippen molar-refractivity contribution in [3.05, 3.63) is 11.3 Å². The van der Waals surface area contributed by atoms with Crippen LogP contribution in [0.2, 0.25) is 0 Å². The first kappa shape index (κ1) is 13.6. The highest BCUT2D eigenvalue weighted by Gasteiger charge is 2.17. The summed E-state index contributed by atoms with van der Waals surface area (Å²) in [4.78, 5) is 13.5. The normalized spacial score (nSPS) is 16.7. The topological polar surface area (TPSA) is 65.5 Å². The van der Waals surface area contributed by atoms with Crippen LogP contribution in [-0.4, -0.2) is 58.0 Å². The number of rotatable bonds is 5. The van der Waals surface area contributed by atoms with Crippen LogP contribution >= 0.6 is 23.3 Å². The van der Waals surface area contributed by atoms with Gasteiger partial charge in [-0.1, -0.05) is 0 Å². The molecule has 0 bridgehead atoms. The summed E-state index contributed by atoms with van der Waals surface area (Å²) in [6.07, 6.45) is 0. The van der Waals surface area contributed by atoms with Gasteiger partial charge >= 0.3 is 5.97 Å². The standard InChI is InChI=1S/C11H17N3O2S2/c1-8-9(11(15)16)10(18-13-8)12-2-3-14-4-6-17-7-5-14/h12H,2-7H2,1H3,(H,15,16). The van der Waals surface area contributed by atoms with Crippen LogP contribution in [0.1, 0.15) is 16.1 Å². The molecule has 1 aliphatic rings. The van der Waals surface area contributed by atoms with Crippen molar-refractivity contribution in [1.29, 1.82) is 0 Å². The van der Waals surface area contributed by atoms with Crippen molar-refractivity contribution in [2.75, 3.05) is 43.0 Å². The minimum atomic E-state index is -0.905. The SMILES string of the molecule is Cc1nsc(NCCN2CCSCC2)c1C(=O)O. The number of hydrogen-bond acceptors (Lipinski definition) is 6. The van der Waals surface area contributed by atoms with E-state index in [-0.39, 0.29) is 0 Å². The summed E-state index contributed by atoms with van der Waals surface area (Å²) < 4.78 is 4.08. The maximum atomic E-state index is 11.1. The van der Waals surface area contributed by atoms with Gasteiger partial charge < -0.3 is 10.4 Å². The third-order valence-electron chi connectivity index (χ3n) is 2.89.